The van der Waals surface area contributed by atoms with Gasteiger partial charge in [0.25, 0.3) is 0 Å². The zero-order valence-corrected chi connectivity index (χ0v) is 8.66. The van der Waals surface area contributed by atoms with Crippen LogP contribution in [0.25, 0.3) is 0 Å². The number of halogens is 1. The van der Waals surface area contributed by atoms with E-state index in [9.17, 15) is 0 Å². The molecule has 1 nitrogen and oxygen atoms in total. The molecular formula is C9H18ClN. The molecule has 1 unspecified atom stereocenters. The van der Waals surface area contributed by atoms with E-state index >= 15 is 0 Å². The van der Waals surface area contributed by atoms with Crippen molar-refractivity contribution in [2.24, 2.45) is 0 Å². The third-order valence-electron chi connectivity index (χ3n) is 1.66. The Morgan fingerprint density at radius 2 is 2.00 bits per heavy atom. The molecule has 0 bridgehead atoms. The molecule has 0 aromatic rings. The Morgan fingerprint density at radius 3 is 2.36 bits per heavy atom. The van der Waals surface area contributed by atoms with E-state index in [0.717, 1.165) is 0 Å². The lowest BCUT2D eigenvalue weighted by molar-refractivity contribution is 0.350. The molecule has 0 N–H and O–H groups in total. The van der Waals surface area contributed by atoms with Crippen LogP contribution in [0, 0.1) is 12.0 Å². The van der Waals surface area contributed by atoms with Crippen LogP contribution in [0.15, 0.2) is 0 Å². The minimum absolute atomic E-state index is 0. The van der Waals surface area contributed by atoms with Crippen LogP contribution < -0.4 is 0 Å². The molecular weight excluding hydrogens is 158 g/mol. The van der Waals surface area contributed by atoms with E-state index in [1.165, 1.54) is 12.8 Å². The minimum atomic E-state index is 0. The summed E-state index contributed by atoms with van der Waals surface area (Å²) in [6, 6.07) is 3.61. The largest absolute Gasteiger partial charge is 0.333 e. The van der Waals surface area contributed by atoms with Gasteiger partial charge in [0, 0.05) is 19.1 Å². The van der Waals surface area contributed by atoms with Gasteiger partial charge in [0.15, 0.2) is 0 Å². The van der Waals surface area contributed by atoms with E-state index < -0.39 is 0 Å². The maximum atomic E-state index is 3.01. The summed E-state index contributed by atoms with van der Waals surface area (Å²) in [7, 11) is 2.04. The molecule has 66 valence electrons. The van der Waals surface area contributed by atoms with Crippen molar-refractivity contribution in [2.45, 2.75) is 39.7 Å². The predicted molar refractivity (Wildman–Crippen MR) is 52.8 cm³/mol. The van der Waals surface area contributed by atoms with Crippen LogP contribution in [0.1, 0.15) is 33.6 Å². The van der Waals surface area contributed by atoms with Gasteiger partial charge in [-0.25, -0.2) is 0 Å². The third-order valence-corrected chi connectivity index (χ3v) is 1.66. The molecule has 0 fully saturated rings. The number of rotatable bonds is 3. The van der Waals surface area contributed by atoms with Crippen molar-refractivity contribution in [3.63, 3.8) is 0 Å². The quantitative estimate of drug-likeness (QED) is 0.471. The molecule has 0 aromatic heterocycles. The summed E-state index contributed by atoms with van der Waals surface area (Å²) in [5, 5.41) is 0. The van der Waals surface area contributed by atoms with E-state index in [2.05, 4.69) is 30.7 Å². The summed E-state index contributed by atoms with van der Waals surface area (Å²) in [6.45, 7) is 6.27. The van der Waals surface area contributed by atoms with Crippen LogP contribution in [0.3, 0.4) is 0 Å². The molecule has 0 aliphatic rings. The molecule has 2 heteroatoms. The maximum Gasteiger partial charge on any atom is 0.0339 e. The van der Waals surface area contributed by atoms with Gasteiger partial charge in [-0.15, -0.1) is 12.4 Å². The average Bonchev–Trinajstić information content (AvgIpc) is 1.89. The van der Waals surface area contributed by atoms with Crippen molar-refractivity contribution in [2.75, 3.05) is 7.05 Å². The SMILES string of the molecule is CC#CN(C)C(C)CCC.Cl. The Kier molecular flexibility index (Phi) is 9.34. The normalized spacial score (nSPS) is 10.5. The average molecular weight is 176 g/mol. The highest BCUT2D eigenvalue weighted by Crippen LogP contribution is 2.01. The van der Waals surface area contributed by atoms with Crippen LogP contribution in [-0.4, -0.2) is 18.0 Å². The molecule has 0 amide bonds. The lowest BCUT2D eigenvalue weighted by Gasteiger charge is -2.19. The molecule has 0 aliphatic carbocycles. The Bertz CT molecular complexity index is 134. The maximum absolute atomic E-state index is 3.01. The third kappa shape index (κ3) is 6.06. The van der Waals surface area contributed by atoms with E-state index in [1.54, 1.807) is 0 Å². The Morgan fingerprint density at radius 1 is 1.45 bits per heavy atom. The van der Waals surface area contributed by atoms with Gasteiger partial charge in [-0.2, -0.15) is 0 Å². The van der Waals surface area contributed by atoms with Crippen molar-refractivity contribution in [3.8, 4) is 12.0 Å². The fraction of sp³-hybridized carbons (Fsp3) is 0.778. The van der Waals surface area contributed by atoms with Crippen molar-refractivity contribution in [1.29, 1.82) is 0 Å². The van der Waals surface area contributed by atoms with Gasteiger partial charge in [-0.1, -0.05) is 19.3 Å². The van der Waals surface area contributed by atoms with Crippen LogP contribution in [0.4, 0.5) is 0 Å². The first kappa shape index (κ1) is 13.3. The van der Waals surface area contributed by atoms with Crippen LogP contribution in [0.2, 0.25) is 0 Å². The van der Waals surface area contributed by atoms with Crippen molar-refractivity contribution in [3.05, 3.63) is 0 Å². The zero-order chi connectivity index (χ0) is 7.98. The lowest BCUT2D eigenvalue weighted by atomic mass is 10.2. The zero-order valence-electron chi connectivity index (χ0n) is 7.85. The Hall–Kier alpha value is -0.350. The summed E-state index contributed by atoms with van der Waals surface area (Å²) in [5.41, 5.74) is 0. The van der Waals surface area contributed by atoms with Crippen LogP contribution in [0.5, 0.6) is 0 Å². The van der Waals surface area contributed by atoms with Crippen LogP contribution >= 0.6 is 12.4 Å². The molecule has 0 radical (unpaired) electrons. The van der Waals surface area contributed by atoms with Crippen molar-refractivity contribution in [1.82, 2.24) is 4.90 Å². The number of nitrogens with zero attached hydrogens (tertiary/aromatic N) is 1. The smallest absolute Gasteiger partial charge is 0.0339 e. The first-order valence-corrected chi connectivity index (χ1v) is 3.87. The van der Waals surface area contributed by atoms with E-state index in [0.29, 0.717) is 6.04 Å². The summed E-state index contributed by atoms with van der Waals surface area (Å²) in [5.74, 6) is 2.88. The van der Waals surface area contributed by atoms with Gasteiger partial charge >= 0.3 is 0 Å². The van der Waals surface area contributed by atoms with Gasteiger partial charge in [-0.05, 0) is 20.3 Å². The standard InChI is InChI=1S/C9H17N.ClH/c1-5-7-9(3)10(4)8-6-2;/h9H,5,7H2,1-4H3;1H. The number of hydrogen-bond acceptors (Lipinski definition) is 1. The van der Waals surface area contributed by atoms with E-state index in [-0.39, 0.29) is 12.4 Å². The first-order valence-electron chi connectivity index (χ1n) is 3.87. The molecule has 0 heterocycles. The Labute approximate surface area is 76.6 Å². The lowest BCUT2D eigenvalue weighted by Crippen LogP contribution is -2.23. The summed E-state index contributed by atoms with van der Waals surface area (Å²) >= 11 is 0. The first-order chi connectivity index (χ1) is 4.72. The topological polar surface area (TPSA) is 3.24 Å². The van der Waals surface area contributed by atoms with E-state index in [4.69, 9.17) is 0 Å². The molecule has 0 saturated carbocycles. The highest BCUT2D eigenvalue weighted by Gasteiger charge is 2.01. The molecule has 0 aromatic carbocycles. The molecule has 0 rings (SSSR count). The monoisotopic (exact) mass is 175 g/mol. The minimum Gasteiger partial charge on any atom is -0.333 e. The highest BCUT2D eigenvalue weighted by atomic mass is 35.5. The number of hydrogen-bond donors (Lipinski definition) is 0. The van der Waals surface area contributed by atoms with Crippen molar-refractivity contribution >= 4 is 12.4 Å². The second-order valence-corrected chi connectivity index (χ2v) is 2.61. The highest BCUT2D eigenvalue weighted by molar-refractivity contribution is 5.85. The predicted octanol–water partition coefficient (Wildman–Crippen LogP) is 2.51. The molecule has 0 spiro atoms. The van der Waals surface area contributed by atoms with Gasteiger partial charge < -0.3 is 4.90 Å². The fourth-order valence-electron chi connectivity index (χ4n) is 0.898. The molecule has 1 atom stereocenters. The molecule has 0 saturated heterocycles. The van der Waals surface area contributed by atoms with Gasteiger partial charge in [0.1, 0.15) is 0 Å². The van der Waals surface area contributed by atoms with Gasteiger partial charge in [0.05, 0.1) is 0 Å². The van der Waals surface area contributed by atoms with E-state index in [1.807, 2.05) is 14.0 Å². The second-order valence-electron chi connectivity index (χ2n) is 2.61. The summed E-state index contributed by atoms with van der Waals surface area (Å²) < 4.78 is 0. The van der Waals surface area contributed by atoms with Crippen LogP contribution in [-0.2, 0) is 0 Å². The summed E-state index contributed by atoms with van der Waals surface area (Å²) in [6.07, 6.45) is 2.46. The molecule has 0 aliphatic heterocycles. The second kappa shape index (κ2) is 7.75. The summed E-state index contributed by atoms with van der Waals surface area (Å²) in [4.78, 5) is 2.07. The van der Waals surface area contributed by atoms with Gasteiger partial charge in [0.2, 0.25) is 0 Å². The van der Waals surface area contributed by atoms with Gasteiger partial charge in [-0.3, -0.25) is 0 Å². The Balaban J connectivity index is 0. The van der Waals surface area contributed by atoms with Crippen molar-refractivity contribution < 1.29 is 0 Å². The fourth-order valence-corrected chi connectivity index (χ4v) is 0.898. The molecule has 11 heavy (non-hydrogen) atoms.